The van der Waals surface area contributed by atoms with Crippen molar-refractivity contribution in [1.29, 1.82) is 0 Å². The van der Waals surface area contributed by atoms with Gasteiger partial charge in [-0.05, 0) is 31.4 Å². The number of aliphatic hydroxyl groups is 1. The van der Waals surface area contributed by atoms with Crippen LogP contribution in [0.1, 0.15) is 20.3 Å². The summed E-state index contributed by atoms with van der Waals surface area (Å²) >= 11 is 0. The van der Waals surface area contributed by atoms with Gasteiger partial charge < -0.3 is 5.11 Å². The van der Waals surface area contributed by atoms with E-state index in [0.717, 1.165) is 6.08 Å². The largest absolute Gasteiger partial charge is 0.508 e. The van der Waals surface area contributed by atoms with Crippen LogP contribution in [0.3, 0.4) is 0 Å². The smallest absolute Gasteiger partial charge is 0.294 e. The first kappa shape index (κ1) is 13.7. The molecule has 0 fully saturated rings. The molecule has 0 aromatic heterocycles. The zero-order valence-corrected chi connectivity index (χ0v) is 10.7. The minimum atomic E-state index is -4.35. The van der Waals surface area contributed by atoms with Crippen molar-refractivity contribution in [3.05, 3.63) is 46.6 Å². The zero-order valence-electron chi connectivity index (χ0n) is 9.84. The average Bonchev–Trinajstić information content (AvgIpc) is 2.22. The molecule has 0 aliphatic heterocycles. The van der Waals surface area contributed by atoms with Gasteiger partial charge in [0.15, 0.2) is 0 Å². The monoisotopic (exact) mass is 256 g/mol. The molecule has 1 aliphatic carbocycles. The lowest BCUT2D eigenvalue weighted by Gasteiger charge is -2.24. The van der Waals surface area contributed by atoms with Crippen LogP contribution in [0.15, 0.2) is 46.6 Å². The molecule has 5 heteroatoms. The van der Waals surface area contributed by atoms with Crippen molar-refractivity contribution in [3.63, 3.8) is 0 Å². The van der Waals surface area contributed by atoms with Gasteiger partial charge in [0, 0.05) is 12.0 Å². The van der Waals surface area contributed by atoms with Crippen LogP contribution in [0.25, 0.3) is 0 Å². The van der Waals surface area contributed by atoms with E-state index in [1.165, 1.54) is 0 Å². The van der Waals surface area contributed by atoms with E-state index in [9.17, 15) is 13.5 Å². The van der Waals surface area contributed by atoms with Crippen molar-refractivity contribution in [2.45, 2.75) is 20.3 Å². The molecule has 0 aromatic rings. The van der Waals surface area contributed by atoms with Crippen molar-refractivity contribution in [2.24, 2.45) is 5.92 Å². The van der Waals surface area contributed by atoms with Gasteiger partial charge in [-0.25, -0.2) is 0 Å². The summed E-state index contributed by atoms with van der Waals surface area (Å²) in [6.45, 7) is 7.26. The lowest BCUT2D eigenvalue weighted by atomic mass is 9.85. The highest BCUT2D eigenvalue weighted by Gasteiger charge is 2.29. The number of aliphatic hydroxyl groups excluding tert-OH is 1. The third-order valence-corrected chi connectivity index (χ3v) is 3.75. The molecular weight excluding hydrogens is 240 g/mol. The van der Waals surface area contributed by atoms with Crippen molar-refractivity contribution in [2.75, 3.05) is 0 Å². The fourth-order valence-corrected chi connectivity index (χ4v) is 2.51. The van der Waals surface area contributed by atoms with Gasteiger partial charge in [0.25, 0.3) is 10.1 Å². The summed E-state index contributed by atoms with van der Waals surface area (Å²) in [6, 6.07) is 0. The van der Waals surface area contributed by atoms with Gasteiger partial charge in [0.05, 0.1) is 0 Å². The van der Waals surface area contributed by atoms with E-state index in [1.54, 1.807) is 6.92 Å². The molecule has 0 bridgehead atoms. The highest BCUT2D eigenvalue weighted by Crippen LogP contribution is 2.36. The lowest BCUT2D eigenvalue weighted by Crippen LogP contribution is -2.17. The quantitative estimate of drug-likeness (QED) is 0.601. The van der Waals surface area contributed by atoms with Crippen molar-refractivity contribution >= 4 is 10.1 Å². The molecule has 0 amide bonds. The lowest BCUT2D eigenvalue weighted by molar-refractivity contribution is 0.411. The maximum atomic E-state index is 11.1. The van der Waals surface area contributed by atoms with Crippen molar-refractivity contribution in [3.8, 4) is 0 Å². The Bertz CT molecular complexity index is 521. The van der Waals surface area contributed by atoms with Crippen molar-refractivity contribution < 1.29 is 18.1 Å². The second-order valence-electron chi connectivity index (χ2n) is 3.93. The molecule has 1 aliphatic rings. The third-order valence-electron chi connectivity index (χ3n) is 2.82. The van der Waals surface area contributed by atoms with E-state index in [2.05, 4.69) is 6.58 Å². The van der Waals surface area contributed by atoms with Gasteiger partial charge in [-0.2, -0.15) is 8.42 Å². The Balaban J connectivity index is 3.24. The fraction of sp³-hybridized carbons (Fsp3) is 0.333. The van der Waals surface area contributed by atoms with Gasteiger partial charge in [-0.3, -0.25) is 4.55 Å². The van der Waals surface area contributed by atoms with E-state index < -0.39 is 10.1 Å². The Morgan fingerprint density at radius 3 is 2.59 bits per heavy atom. The number of allylic oxidation sites excluding steroid dienone is 5. The fourth-order valence-electron chi connectivity index (χ4n) is 1.77. The molecule has 0 radical (unpaired) electrons. The van der Waals surface area contributed by atoms with Gasteiger partial charge in [-0.15, -0.1) is 0 Å². The summed E-state index contributed by atoms with van der Waals surface area (Å²) in [5.41, 5.74) is 0.960. The topological polar surface area (TPSA) is 74.6 Å². The zero-order chi connectivity index (χ0) is 13.2. The van der Waals surface area contributed by atoms with Gasteiger partial charge in [0.1, 0.15) is 10.7 Å². The third kappa shape index (κ3) is 2.87. The molecule has 2 N–H and O–H groups in total. The first-order valence-corrected chi connectivity index (χ1v) is 6.62. The molecule has 0 heterocycles. The molecule has 4 nitrogen and oxygen atoms in total. The van der Waals surface area contributed by atoms with E-state index in [0.29, 0.717) is 17.6 Å². The average molecular weight is 256 g/mol. The predicted molar refractivity (Wildman–Crippen MR) is 67.0 cm³/mol. The summed E-state index contributed by atoms with van der Waals surface area (Å²) in [7, 11) is -4.35. The molecule has 0 saturated heterocycles. The van der Waals surface area contributed by atoms with Crippen LogP contribution in [0.5, 0.6) is 0 Å². The van der Waals surface area contributed by atoms with Crippen LogP contribution in [0.2, 0.25) is 0 Å². The normalized spacial score (nSPS) is 22.2. The number of hydrogen-bond acceptors (Lipinski definition) is 3. The van der Waals surface area contributed by atoms with Crippen LogP contribution in [-0.4, -0.2) is 18.1 Å². The van der Waals surface area contributed by atoms with E-state index in [4.69, 9.17) is 4.55 Å². The van der Waals surface area contributed by atoms with Crippen LogP contribution >= 0.6 is 0 Å². The standard InChI is InChI=1S/C12H16O4S/c1-4-5-6-10-8(2)11(13)7-12(9(10)3)17(14,15)16/h4-5,7,10,13H,3,6H2,1-2H3,(H,14,15,16)/b5-4-. The summed E-state index contributed by atoms with van der Waals surface area (Å²) < 4.78 is 31.3. The van der Waals surface area contributed by atoms with Gasteiger partial charge >= 0.3 is 0 Å². The minimum absolute atomic E-state index is 0.125. The molecule has 1 unspecified atom stereocenters. The van der Waals surface area contributed by atoms with E-state index >= 15 is 0 Å². The molecular formula is C12H16O4S. The van der Waals surface area contributed by atoms with E-state index in [1.807, 2.05) is 19.1 Å². The summed E-state index contributed by atoms with van der Waals surface area (Å²) in [6.07, 6.45) is 5.28. The highest BCUT2D eigenvalue weighted by atomic mass is 32.2. The Kier molecular flexibility index (Phi) is 3.95. The molecule has 94 valence electrons. The Morgan fingerprint density at radius 1 is 1.53 bits per heavy atom. The Labute approximate surface area is 101 Å². The van der Waals surface area contributed by atoms with E-state index in [-0.39, 0.29) is 16.6 Å². The number of rotatable bonds is 3. The summed E-state index contributed by atoms with van der Waals surface area (Å²) in [5, 5.41) is 9.66. The minimum Gasteiger partial charge on any atom is -0.508 e. The van der Waals surface area contributed by atoms with Gasteiger partial charge in [0.2, 0.25) is 0 Å². The Hall–Kier alpha value is -1.33. The molecule has 0 saturated carbocycles. The summed E-state index contributed by atoms with van der Waals surface area (Å²) in [5.74, 6) is -0.423. The molecule has 0 aromatic carbocycles. The maximum Gasteiger partial charge on any atom is 0.294 e. The number of hydrogen-bond donors (Lipinski definition) is 2. The summed E-state index contributed by atoms with van der Waals surface area (Å²) in [4.78, 5) is -0.310. The molecule has 1 rings (SSSR count). The molecule has 17 heavy (non-hydrogen) atoms. The van der Waals surface area contributed by atoms with Crippen LogP contribution in [0, 0.1) is 5.92 Å². The molecule has 0 spiro atoms. The first-order chi connectivity index (χ1) is 7.79. The highest BCUT2D eigenvalue weighted by molar-refractivity contribution is 7.90. The van der Waals surface area contributed by atoms with Crippen molar-refractivity contribution in [1.82, 2.24) is 0 Å². The second kappa shape index (κ2) is 4.89. The Morgan fingerprint density at radius 2 is 2.12 bits per heavy atom. The van der Waals surface area contributed by atoms with Crippen LogP contribution in [0.4, 0.5) is 0 Å². The molecule has 1 atom stereocenters. The first-order valence-electron chi connectivity index (χ1n) is 5.18. The van der Waals surface area contributed by atoms with Crippen LogP contribution < -0.4 is 0 Å². The second-order valence-corrected chi connectivity index (χ2v) is 5.32. The van der Waals surface area contributed by atoms with Gasteiger partial charge in [-0.1, -0.05) is 18.7 Å². The SMILES string of the molecule is C=C1C(S(=O)(=O)O)=CC(O)=C(C)C1C/C=C\C. The maximum absolute atomic E-state index is 11.1. The predicted octanol–water partition coefficient (Wildman–Crippen LogP) is 2.74. The van der Waals surface area contributed by atoms with Crippen LogP contribution in [-0.2, 0) is 10.1 Å².